The van der Waals surface area contributed by atoms with Gasteiger partial charge in [-0.2, -0.15) is 0 Å². The van der Waals surface area contributed by atoms with Crippen molar-refractivity contribution < 1.29 is 9.84 Å². The smallest absolute Gasteiger partial charge is 0.0701 e. The molecule has 0 saturated carbocycles. The molecule has 0 aromatic carbocycles. The molecule has 0 radical (unpaired) electrons. The molecule has 1 heterocycles. The number of nitrogens with zero attached hydrogens (tertiary/aromatic N) is 1. The van der Waals surface area contributed by atoms with Gasteiger partial charge in [-0.15, -0.1) is 0 Å². The van der Waals surface area contributed by atoms with Gasteiger partial charge in [0.15, 0.2) is 0 Å². The van der Waals surface area contributed by atoms with Gasteiger partial charge < -0.3 is 14.7 Å². The van der Waals surface area contributed by atoms with Crippen LogP contribution in [0.1, 0.15) is 33.1 Å². The van der Waals surface area contributed by atoms with E-state index in [0.29, 0.717) is 6.10 Å². The molecular formula is C12H25NO2. The van der Waals surface area contributed by atoms with E-state index in [1.165, 1.54) is 19.3 Å². The van der Waals surface area contributed by atoms with E-state index in [0.717, 1.165) is 19.7 Å². The van der Waals surface area contributed by atoms with Gasteiger partial charge in [-0.25, -0.2) is 0 Å². The van der Waals surface area contributed by atoms with Gasteiger partial charge in [-0.1, -0.05) is 13.8 Å². The third kappa shape index (κ3) is 4.96. The summed E-state index contributed by atoms with van der Waals surface area (Å²) < 4.78 is 5.69. The summed E-state index contributed by atoms with van der Waals surface area (Å²) in [6, 6.07) is 0. The second-order valence-electron chi connectivity index (χ2n) is 5.51. The molecule has 0 aromatic rings. The third-order valence-corrected chi connectivity index (χ3v) is 2.92. The van der Waals surface area contributed by atoms with Crippen molar-refractivity contribution in [3.05, 3.63) is 0 Å². The topological polar surface area (TPSA) is 32.7 Å². The summed E-state index contributed by atoms with van der Waals surface area (Å²) in [4.78, 5) is 2.27. The molecular weight excluding hydrogens is 190 g/mol. The van der Waals surface area contributed by atoms with Crippen molar-refractivity contribution in [2.45, 2.75) is 39.2 Å². The fraction of sp³-hybridized carbons (Fsp3) is 1.00. The highest BCUT2D eigenvalue weighted by Crippen LogP contribution is 2.17. The number of hydrogen-bond donors (Lipinski definition) is 1. The van der Waals surface area contributed by atoms with Crippen LogP contribution in [0, 0.1) is 5.41 Å². The molecule has 3 heteroatoms. The molecule has 1 N–H and O–H groups in total. The number of aliphatic hydroxyl groups is 1. The van der Waals surface area contributed by atoms with Crippen LogP contribution in [0.3, 0.4) is 0 Å². The summed E-state index contributed by atoms with van der Waals surface area (Å²) in [5, 5.41) is 9.19. The Morgan fingerprint density at radius 2 is 2.13 bits per heavy atom. The first-order valence-corrected chi connectivity index (χ1v) is 5.94. The van der Waals surface area contributed by atoms with Gasteiger partial charge in [0.2, 0.25) is 0 Å². The molecule has 0 spiro atoms. The van der Waals surface area contributed by atoms with Crippen molar-refractivity contribution >= 4 is 0 Å². The maximum atomic E-state index is 9.19. The van der Waals surface area contributed by atoms with Crippen LogP contribution >= 0.6 is 0 Å². The van der Waals surface area contributed by atoms with Crippen LogP contribution in [0.15, 0.2) is 0 Å². The fourth-order valence-electron chi connectivity index (χ4n) is 2.14. The Morgan fingerprint density at radius 1 is 1.40 bits per heavy atom. The van der Waals surface area contributed by atoms with Crippen LogP contribution in [-0.2, 0) is 4.74 Å². The van der Waals surface area contributed by atoms with Crippen molar-refractivity contribution in [2.24, 2.45) is 5.41 Å². The van der Waals surface area contributed by atoms with E-state index >= 15 is 0 Å². The van der Waals surface area contributed by atoms with E-state index in [9.17, 15) is 5.11 Å². The number of hydrogen-bond acceptors (Lipinski definition) is 3. The zero-order chi connectivity index (χ0) is 11.3. The lowest BCUT2D eigenvalue weighted by Gasteiger charge is -2.32. The molecule has 90 valence electrons. The van der Waals surface area contributed by atoms with Crippen LogP contribution in [0.5, 0.6) is 0 Å². The Morgan fingerprint density at radius 3 is 2.67 bits per heavy atom. The molecule has 1 saturated heterocycles. The molecule has 1 atom stereocenters. The van der Waals surface area contributed by atoms with Crippen LogP contribution in [0.2, 0.25) is 0 Å². The molecule has 0 bridgehead atoms. The highest BCUT2D eigenvalue weighted by Gasteiger charge is 2.22. The molecule has 1 aliphatic rings. The largest absolute Gasteiger partial charge is 0.396 e. The minimum Gasteiger partial charge on any atom is -0.396 e. The fourth-order valence-corrected chi connectivity index (χ4v) is 2.14. The number of ether oxygens (including phenoxy) is 1. The predicted molar refractivity (Wildman–Crippen MR) is 62.0 cm³/mol. The average Bonchev–Trinajstić information content (AvgIpc) is 2.18. The number of rotatable bonds is 5. The summed E-state index contributed by atoms with van der Waals surface area (Å²) in [5.74, 6) is 0. The zero-order valence-corrected chi connectivity index (χ0v) is 10.3. The van der Waals surface area contributed by atoms with Crippen LogP contribution in [0.25, 0.3) is 0 Å². The van der Waals surface area contributed by atoms with E-state index in [1.54, 1.807) is 0 Å². The van der Waals surface area contributed by atoms with Crippen molar-refractivity contribution in [1.82, 2.24) is 4.90 Å². The van der Waals surface area contributed by atoms with Crippen LogP contribution in [0.4, 0.5) is 0 Å². The van der Waals surface area contributed by atoms with Crippen molar-refractivity contribution in [1.29, 1.82) is 0 Å². The third-order valence-electron chi connectivity index (χ3n) is 2.92. The standard InChI is InChI=1S/C12H25NO2/c1-12(2,10-14)9-13(3)8-11-6-4-5-7-15-11/h11,14H,4-10H2,1-3H3. The van der Waals surface area contributed by atoms with Gasteiger partial charge in [0.25, 0.3) is 0 Å². The Balaban J connectivity index is 2.25. The average molecular weight is 215 g/mol. The predicted octanol–water partition coefficient (Wildman–Crippen LogP) is 1.51. The normalized spacial score (nSPS) is 23.4. The molecule has 3 nitrogen and oxygen atoms in total. The lowest BCUT2D eigenvalue weighted by atomic mass is 9.94. The lowest BCUT2D eigenvalue weighted by molar-refractivity contribution is -0.00921. The SMILES string of the molecule is CN(CC1CCCCO1)CC(C)(C)CO. The summed E-state index contributed by atoms with van der Waals surface area (Å²) in [6.45, 7) is 7.24. The van der Waals surface area contributed by atoms with E-state index in [-0.39, 0.29) is 12.0 Å². The van der Waals surface area contributed by atoms with E-state index in [4.69, 9.17) is 4.74 Å². The molecule has 1 unspecified atom stereocenters. The van der Waals surface area contributed by atoms with Crippen molar-refractivity contribution in [3.63, 3.8) is 0 Å². The molecule has 0 aliphatic carbocycles. The van der Waals surface area contributed by atoms with Crippen molar-refractivity contribution in [3.8, 4) is 0 Å². The second kappa shape index (κ2) is 5.83. The van der Waals surface area contributed by atoms with Gasteiger partial charge in [0, 0.05) is 31.7 Å². The highest BCUT2D eigenvalue weighted by atomic mass is 16.5. The first-order chi connectivity index (χ1) is 7.03. The molecule has 1 rings (SSSR count). The number of likely N-dealkylation sites (N-methyl/N-ethyl adjacent to an activating group) is 1. The monoisotopic (exact) mass is 215 g/mol. The maximum Gasteiger partial charge on any atom is 0.0701 e. The summed E-state index contributed by atoms with van der Waals surface area (Å²) in [6.07, 6.45) is 4.09. The zero-order valence-electron chi connectivity index (χ0n) is 10.3. The second-order valence-corrected chi connectivity index (χ2v) is 5.51. The maximum absolute atomic E-state index is 9.19. The molecule has 0 aromatic heterocycles. The van der Waals surface area contributed by atoms with Gasteiger partial charge in [0.1, 0.15) is 0 Å². The Kier molecular flexibility index (Phi) is 5.03. The molecule has 15 heavy (non-hydrogen) atoms. The van der Waals surface area contributed by atoms with Gasteiger partial charge in [0.05, 0.1) is 6.10 Å². The van der Waals surface area contributed by atoms with Gasteiger partial charge >= 0.3 is 0 Å². The Bertz CT molecular complexity index is 176. The quantitative estimate of drug-likeness (QED) is 0.754. The first-order valence-electron chi connectivity index (χ1n) is 5.94. The Labute approximate surface area is 93.4 Å². The Hall–Kier alpha value is -0.120. The first kappa shape index (κ1) is 12.9. The molecule has 0 amide bonds. The van der Waals surface area contributed by atoms with E-state index in [2.05, 4.69) is 25.8 Å². The lowest BCUT2D eigenvalue weighted by Crippen LogP contribution is -2.39. The minimum absolute atomic E-state index is 0.0105. The molecule has 1 aliphatic heterocycles. The summed E-state index contributed by atoms with van der Waals surface area (Å²) in [7, 11) is 2.11. The van der Waals surface area contributed by atoms with Crippen LogP contribution in [-0.4, -0.2) is 49.5 Å². The molecule has 1 fully saturated rings. The van der Waals surface area contributed by atoms with E-state index < -0.39 is 0 Å². The van der Waals surface area contributed by atoms with Gasteiger partial charge in [-0.3, -0.25) is 0 Å². The summed E-state index contributed by atoms with van der Waals surface area (Å²) in [5.41, 5.74) is -0.0105. The number of aliphatic hydroxyl groups excluding tert-OH is 1. The van der Waals surface area contributed by atoms with Gasteiger partial charge in [-0.05, 0) is 26.3 Å². The van der Waals surface area contributed by atoms with E-state index in [1.807, 2.05) is 0 Å². The van der Waals surface area contributed by atoms with Crippen LogP contribution < -0.4 is 0 Å². The highest BCUT2D eigenvalue weighted by molar-refractivity contribution is 4.74. The summed E-state index contributed by atoms with van der Waals surface area (Å²) >= 11 is 0. The van der Waals surface area contributed by atoms with Crippen molar-refractivity contribution in [2.75, 3.05) is 33.4 Å². The minimum atomic E-state index is -0.0105.